The van der Waals surface area contributed by atoms with Crippen molar-refractivity contribution in [2.24, 2.45) is 0 Å². The second-order valence-electron chi connectivity index (χ2n) is 6.21. The van der Waals surface area contributed by atoms with Crippen LogP contribution in [0.15, 0.2) is 41.3 Å². The molecule has 1 saturated heterocycles. The number of sulfonamides is 1. The Morgan fingerprint density at radius 3 is 2.44 bits per heavy atom. The van der Waals surface area contributed by atoms with Gasteiger partial charge in [0.25, 0.3) is 0 Å². The fourth-order valence-electron chi connectivity index (χ4n) is 3.05. The molecule has 1 aliphatic rings. The van der Waals surface area contributed by atoms with Gasteiger partial charge in [-0.25, -0.2) is 17.2 Å². The normalized spacial score (nSPS) is 16.4. The van der Waals surface area contributed by atoms with E-state index in [0.717, 1.165) is 17.7 Å². The number of ether oxygens (including phenoxy) is 1. The van der Waals surface area contributed by atoms with Crippen molar-refractivity contribution in [3.8, 4) is 5.75 Å². The second kappa shape index (κ2) is 8.10. The van der Waals surface area contributed by atoms with E-state index in [1.54, 1.807) is 19.2 Å². The van der Waals surface area contributed by atoms with Gasteiger partial charge in [0, 0.05) is 43.3 Å². The highest BCUT2D eigenvalue weighted by Crippen LogP contribution is 2.26. The lowest BCUT2D eigenvalue weighted by Gasteiger charge is -2.34. The number of piperazine rings is 1. The minimum Gasteiger partial charge on any atom is -0.496 e. The molecule has 3 rings (SSSR count). The Balaban J connectivity index is 1.70. The van der Waals surface area contributed by atoms with Crippen LogP contribution in [-0.4, -0.2) is 50.9 Å². The number of hydrogen-bond donors (Lipinski definition) is 0. The van der Waals surface area contributed by atoms with Gasteiger partial charge >= 0.3 is 0 Å². The Hall–Kier alpha value is -1.74. The van der Waals surface area contributed by atoms with Crippen LogP contribution >= 0.6 is 11.6 Å². The van der Waals surface area contributed by atoms with E-state index in [1.807, 2.05) is 6.07 Å². The molecule has 9 heteroatoms. The minimum absolute atomic E-state index is 0.182. The summed E-state index contributed by atoms with van der Waals surface area (Å²) in [5.74, 6) is -1.04. The predicted molar refractivity (Wildman–Crippen MR) is 98.4 cm³/mol. The van der Waals surface area contributed by atoms with E-state index in [9.17, 15) is 17.2 Å². The third kappa shape index (κ3) is 4.40. The average Bonchev–Trinajstić information content (AvgIpc) is 2.64. The van der Waals surface area contributed by atoms with Gasteiger partial charge in [-0.2, -0.15) is 4.31 Å². The highest BCUT2D eigenvalue weighted by Gasteiger charge is 2.31. The van der Waals surface area contributed by atoms with Crippen LogP contribution in [0.5, 0.6) is 5.75 Å². The van der Waals surface area contributed by atoms with Crippen LogP contribution in [0.1, 0.15) is 5.56 Å². The smallest absolute Gasteiger partial charge is 0.246 e. The largest absolute Gasteiger partial charge is 0.496 e. The lowest BCUT2D eigenvalue weighted by Crippen LogP contribution is -2.48. The summed E-state index contributed by atoms with van der Waals surface area (Å²) in [7, 11) is -2.51. The number of benzene rings is 2. The summed E-state index contributed by atoms with van der Waals surface area (Å²) in [6, 6.07) is 7.76. The number of nitrogens with zero attached hydrogens (tertiary/aromatic N) is 2. The van der Waals surface area contributed by atoms with Crippen molar-refractivity contribution >= 4 is 21.6 Å². The van der Waals surface area contributed by atoms with Gasteiger partial charge < -0.3 is 4.74 Å². The van der Waals surface area contributed by atoms with Crippen LogP contribution in [0.4, 0.5) is 8.78 Å². The molecular formula is C18H19ClF2N2O3S. The molecule has 0 atom stereocenters. The zero-order valence-corrected chi connectivity index (χ0v) is 16.2. The van der Waals surface area contributed by atoms with Crippen molar-refractivity contribution in [3.05, 3.63) is 58.6 Å². The molecule has 0 N–H and O–H groups in total. The Morgan fingerprint density at radius 1 is 1.07 bits per heavy atom. The predicted octanol–water partition coefficient (Wildman–Crippen LogP) is 3.13. The molecule has 146 valence electrons. The third-order valence-electron chi connectivity index (χ3n) is 4.48. The van der Waals surface area contributed by atoms with Crippen molar-refractivity contribution in [2.75, 3.05) is 33.3 Å². The first-order chi connectivity index (χ1) is 12.8. The Kier molecular flexibility index (Phi) is 6.00. The maximum atomic E-state index is 13.9. The van der Waals surface area contributed by atoms with Crippen molar-refractivity contribution in [1.82, 2.24) is 9.21 Å². The summed E-state index contributed by atoms with van der Waals surface area (Å²) in [5, 5.41) is 0.591. The summed E-state index contributed by atoms with van der Waals surface area (Å²) >= 11 is 6.04. The van der Waals surface area contributed by atoms with E-state index in [1.165, 1.54) is 4.31 Å². The molecular weight excluding hydrogens is 398 g/mol. The third-order valence-corrected chi connectivity index (χ3v) is 6.63. The van der Waals surface area contributed by atoms with Gasteiger partial charge in [-0.3, -0.25) is 4.90 Å². The Labute approximate surface area is 162 Å². The number of rotatable bonds is 5. The van der Waals surface area contributed by atoms with Gasteiger partial charge in [0.1, 0.15) is 22.3 Å². The minimum atomic E-state index is -4.09. The van der Waals surface area contributed by atoms with Gasteiger partial charge in [-0.05, 0) is 36.4 Å². The summed E-state index contributed by atoms with van der Waals surface area (Å²) in [5.41, 5.74) is 0.900. The lowest BCUT2D eigenvalue weighted by molar-refractivity contribution is 0.179. The van der Waals surface area contributed by atoms with Gasteiger partial charge in [-0.15, -0.1) is 0 Å². The van der Waals surface area contributed by atoms with Gasteiger partial charge in [0.2, 0.25) is 10.0 Å². The van der Waals surface area contributed by atoms with E-state index >= 15 is 0 Å². The maximum Gasteiger partial charge on any atom is 0.246 e. The van der Waals surface area contributed by atoms with Crippen LogP contribution in [-0.2, 0) is 16.6 Å². The monoisotopic (exact) mass is 416 g/mol. The molecule has 2 aromatic rings. The average molecular weight is 417 g/mol. The van der Waals surface area contributed by atoms with Gasteiger partial charge in [0.05, 0.1) is 7.11 Å². The summed E-state index contributed by atoms with van der Waals surface area (Å²) < 4.78 is 59.0. The van der Waals surface area contributed by atoms with E-state index < -0.39 is 26.6 Å². The first kappa shape index (κ1) is 20.0. The summed E-state index contributed by atoms with van der Waals surface area (Å²) in [6.45, 7) is 1.81. The molecule has 0 aliphatic carbocycles. The summed E-state index contributed by atoms with van der Waals surface area (Å²) in [6.07, 6.45) is 0. The van der Waals surface area contributed by atoms with E-state index in [2.05, 4.69) is 4.90 Å². The number of hydrogen-bond acceptors (Lipinski definition) is 4. The van der Waals surface area contributed by atoms with Crippen molar-refractivity contribution in [1.29, 1.82) is 0 Å². The van der Waals surface area contributed by atoms with E-state index in [4.69, 9.17) is 16.3 Å². The molecule has 27 heavy (non-hydrogen) atoms. The molecule has 5 nitrogen and oxygen atoms in total. The van der Waals surface area contributed by atoms with Crippen molar-refractivity contribution in [3.63, 3.8) is 0 Å². The molecule has 0 aromatic heterocycles. The highest BCUT2D eigenvalue weighted by molar-refractivity contribution is 7.89. The molecule has 2 aromatic carbocycles. The fraction of sp³-hybridized carbons (Fsp3) is 0.333. The zero-order valence-electron chi connectivity index (χ0n) is 14.7. The second-order valence-corrected chi connectivity index (χ2v) is 8.55. The fourth-order valence-corrected chi connectivity index (χ4v) is 4.75. The molecule has 0 amide bonds. The van der Waals surface area contributed by atoms with E-state index in [0.29, 0.717) is 36.5 Å². The van der Waals surface area contributed by atoms with Crippen LogP contribution < -0.4 is 4.74 Å². The maximum absolute atomic E-state index is 13.9. The highest BCUT2D eigenvalue weighted by atomic mass is 35.5. The van der Waals surface area contributed by atoms with Crippen molar-refractivity contribution < 1.29 is 21.9 Å². The van der Waals surface area contributed by atoms with Gasteiger partial charge in [-0.1, -0.05) is 11.6 Å². The number of halogens is 3. The quantitative estimate of drug-likeness (QED) is 0.751. The molecule has 1 fully saturated rings. The molecule has 0 saturated carbocycles. The van der Waals surface area contributed by atoms with Crippen LogP contribution in [0, 0.1) is 11.6 Å². The van der Waals surface area contributed by atoms with Crippen LogP contribution in [0.2, 0.25) is 5.02 Å². The SMILES string of the molecule is COc1ccc(Cl)cc1CN1CCN(S(=O)(=O)c2cc(F)ccc2F)CC1. The van der Waals surface area contributed by atoms with Crippen molar-refractivity contribution in [2.45, 2.75) is 11.4 Å². The Morgan fingerprint density at radius 2 is 1.78 bits per heavy atom. The standard InChI is InChI=1S/C18H19ClF2N2O3S/c1-26-17-5-2-14(19)10-13(17)12-22-6-8-23(9-7-22)27(24,25)18-11-15(20)3-4-16(18)21/h2-5,10-11H,6-9,12H2,1H3. The summed E-state index contributed by atoms with van der Waals surface area (Å²) in [4.78, 5) is 1.43. The number of methoxy groups -OCH3 is 1. The topological polar surface area (TPSA) is 49.9 Å². The van der Waals surface area contributed by atoms with Crippen LogP contribution in [0.25, 0.3) is 0 Å². The van der Waals surface area contributed by atoms with Crippen LogP contribution in [0.3, 0.4) is 0 Å². The molecule has 1 aliphatic heterocycles. The zero-order chi connectivity index (χ0) is 19.6. The molecule has 0 radical (unpaired) electrons. The van der Waals surface area contributed by atoms with Gasteiger partial charge in [0.15, 0.2) is 0 Å². The molecule has 0 spiro atoms. The lowest BCUT2D eigenvalue weighted by atomic mass is 10.1. The first-order valence-corrected chi connectivity index (χ1v) is 10.1. The molecule has 0 unspecified atom stereocenters. The van der Waals surface area contributed by atoms with E-state index in [-0.39, 0.29) is 13.1 Å². The Bertz CT molecular complexity index is 932. The molecule has 1 heterocycles. The molecule has 0 bridgehead atoms. The first-order valence-electron chi connectivity index (χ1n) is 8.31.